The van der Waals surface area contributed by atoms with Crippen LogP contribution in [0.4, 0.5) is 0 Å². The van der Waals surface area contributed by atoms with E-state index in [1.165, 1.54) is 19.3 Å². The summed E-state index contributed by atoms with van der Waals surface area (Å²) in [6, 6.07) is 0. The minimum absolute atomic E-state index is 0.117. The Morgan fingerprint density at radius 3 is 2.50 bits per heavy atom. The third-order valence-electron chi connectivity index (χ3n) is 2.96. The lowest BCUT2D eigenvalue weighted by atomic mass is 9.85. The lowest BCUT2D eigenvalue weighted by molar-refractivity contribution is -0.126. The molecule has 1 fully saturated rings. The second-order valence-corrected chi connectivity index (χ2v) is 4.66. The molecule has 0 spiro atoms. The molecule has 0 saturated heterocycles. The molecule has 3 nitrogen and oxygen atoms in total. The number of rotatable bonds is 5. The number of amides is 1. The Kier molecular flexibility index (Phi) is 3.93. The molecule has 0 bridgehead atoms. The van der Waals surface area contributed by atoms with Crippen LogP contribution in [0.2, 0.25) is 0 Å². The van der Waals surface area contributed by atoms with Crippen molar-refractivity contribution in [2.24, 2.45) is 5.92 Å². The first-order chi connectivity index (χ1) is 6.56. The quantitative estimate of drug-likeness (QED) is 0.699. The van der Waals surface area contributed by atoms with E-state index < -0.39 is 5.54 Å². The van der Waals surface area contributed by atoms with E-state index in [9.17, 15) is 4.79 Å². The van der Waals surface area contributed by atoms with Gasteiger partial charge in [0.25, 0.3) is 0 Å². The first-order valence-corrected chi connectivity index (χ1v) is 5.59. The van der Waals surface area contributed by atoms with Crippen LogP contribution in [0.5, 0.6) is 0 Å². The van der Waals surface area contributed by atoms with Crippen LogP contribution in [0.25, 0.3) is 0 Å². The normalized spacial score (nSPS) is 17.6. The van der Waals surface area contributed by atoms with E-state index in [1.807, 2.05) is 20.8 Å². The van der Waals surface area contributed by atoms with Crippen LogP contribution >= 0.6 is 0 Å². The number of likely N-dealkylation sites (N-methyl/N-ethyl adjacent to an activating group) is 1. The van der Waals surface area contributed by atoms with Gasteiger partial charge in [-0.25, -0.2) is 0 Å². The van der Waals surface area contributed by atoms with Crippen molar-refractivity contribution in [1.29, 1.82) is 0 Å². The van der Waals surface area contributed by atoms with E-state index in [0.29, 0.717) is 0 Å². The molecule has 0 radical (unpaired) electrons. The van der Waals surface area contributed by atoms with E-state index in [2.05, 4.69) is 10.6 Å². The van der Waals surface area contributed by atoms with Crippen molar-refractivity contribution in [3.8, 4) is 0 Å². The highest BCUT2D eigenvalue weighted by Gasteiger charge is 2.27. The second kappa shape index (κ2) is 4.78. The van der Waals surface area contributed by atoms with Crippen LogP contribution in [0.15, 0.2) is 0 Å². The summed E-state index contributed by atoms with van der Waals surface area (Å²) >= 11 is 0. The molecule has 0 atom stereocenters. The lowest BCUT2D eigenvalue weighted by Crippen LogP contribution is -2.53. The molecule has 1 amide bonds. The van der Waals surface area contributed by atoms with Gasteiger partial charge in [0.2, 0.25) is 5.91 Å². The lowest BCUT2D eigenvalue weighted by Gasteiger charge is -2.29. The molecule has 3 heteroatoms. The van der Waals surface area contributed by atoms with E-state index in [-0.39, 0.29) is 5.91 Å². The zero-order valence-corrected chi connectivity index (χ0v) is 9.52. The SMILES string of the molecule is CCNC(C)(C)C(=O)NCC1CCC1. The summed E-state index contributed by atoms with van der Waals surface area (Å²) in [6.07, 6.45) is 3.89. The Labute approximate surface area is 86.6 Å². The molecule has 0 unspecified atom stereocenters. The number of carbonyl (C=O) groups is 1. The maximum atomic E-state index is 11.7. The maximum absolute atomic E-state index is 11.7. The average Bonchev–Trinajstić information content (AvgIpc) is 2.01. The molecular weight excluding hydrogens is 176 g/mol. The molecule has 1 saturated carbocycles. The van der Waals surface area contributed by atoms with Crippen LogP contribution < -0.4 is 10.6 Å². The first-order valence-electron chi connectivity index (χ1n) is 5.59. The predicted octanol–water partition coefficient (Wildman–Crippen LogP) is 1.29. The highest BCUT2D eigenvalue weighted by Crippen LogP contribution is 2.25. The van der Waals surface area contributed by atoms with Crippen molar-refractivity contribution >= 4 is 5.91 Å². The number of carbonyl (C=O) groups excluding carboxylic acids is 1. The van der Waals surface area contributed by atoms with E-state index in [4.69, 9.17) is 0 Å². The van der Waals surface area contributed by atoms with Crippen molar-refractivity contribution < 1.29 is 4.79 Å². The van der Waals surface area contributed by atoms with Gasteiger partial charge in [-0.15, -0.1) is 0 Å². The Morgan fingerprint density at radius 2 is 2.07 bits per heavy atom. The third kappa shape index (κ3) is 2.98. The van der Waals surface area contributed by atoms with Crippen LogP contribution in [-0.2, 0) is 4.79 Å². The highest BCUT2D eigenvalue weighted by atomic mass is 16.2. The molecule has 1 aliphatic rings. The van der Waals surface area contributed by atoms with Gasteiger partial charge in [0.1, 0.15) is 0 Å². The monoisotopic (exact) mass is 198 g/mol. The maximum Gasteiger partial charge on any atom is 0.239 e. The molecule has 1 aliphatic carbocycles. The largest absolute Gasteiger partial charge is 0.354 e. The standard InChI is InChI=1S/C11H22N2O/c1-4-13-11(2,3)10(14)12-8-9-6-5-7-9/h9,13H,4-8H2,1-3H3,(H,12,14). The van der Waals surface area contributed by atoms with Crippen molar-refractivity contribution in [2.45, 2.75) is 45.6 Å². The van der Waals surface area contributed by atoms with Crippen molar-refractivity contribution in [1.82, 2.24) is 10.6 Å². The van der Waals surface area contributed by atoms with Gasteiger partial charge >= 0.3 is 0 Å². The fourth-order valence-corrected chi connectivity index (χ4v) is 1.68. The van der Waals surface area contributed by atoms with E-state index in [1.54, 1.807) is 0 Å². The number of hydrogen-bond acceptors (Lipinski definition) is 2. The highest BCUT2D eigenvalue weighted by molar-refractivity contribution is 5.85. The molecule has 0 aromatic heterocycles. The van der Waals surface area contributed by atoms with Crippen LogP contribution in [0.3, 0.4) is 0 Å². The van der Waals surface area contributed by atoms with Gasteiger partial charge in [-0.05, 0) is 39.2 Å². The fourth-order valence-electron chi connectivity index (χ4n) is 1.68. The smallest absolute Gasteiger partial charge is 0.239 e. The van der Waals surface area contributed by atoms with Crippen molar-refractivity contribution in [3.05, 3.63) is 0 Å². The summed E-state index contributed by atoms with van der Waals surface area (Å²) in [5.74, 6) is 0.850. The van der Waals surface area contributed by atoms with Crippen LogP contribution in [0, 0.1) is 5.92 Å². The summed E-state index contributed by atoms with van der Waals surface area (Å²) in [5.41, 5.74) is -0.432. The van der Waals surface area contributed by atoms with Gasteiger partial charge in [0.05, 0.1) is 5.54 Å². The zero-order chi connectivity index (χ0) is 10.6. The van der Waals surface area contributed by atoms with Gasteiger partial charge in [0, 0.05) is 6.54 Å². The van der Waals surface area contributed by atoms with Crippen molar-refractivity contribution in [3.63, 3.8) is 0 Å². The minimum atomic E-state index is -0.432. The topological polar surface area (TPSA) is 41.1 Å². The van der Waals surface area contributed by atoms with E-state index >= 15 is 0 Å². The van der Waals surface area contributed by atoms with Gasteiger partial charge in [-0.3, -0.25) is 4.79 Å². The van der Waals surface area contributed by atoms with Gasteiger partial charge in [0.15, 0.2) is 0 Å². The number of hydrogen-bond donors (Lipinski definition) is 2. The van der Waals surface area contributed by atoms with Crippen LogP contribution in [0.1, 0.15) is 40.0 Å². The summed E-state index contributed by atoms with van der Waals surface area (Å²) in [7, 11) is 0. The molecule has 1 rings (SSSR count). The van der Waals surface area contributed by atoms with E-state index in [0.717, 1.165) is 19.0 Å². The molecule has 0 heterocycles. The summed E-state index contributed by atoms with van der Waals surface area (Å²) < 4.78 is 0. The summed E-state index contributed by atoms with van der Waals surface area (Å²) in [5, 5.41) is 6.18. The van der Waals surface area contributed by atoms with Gasteiger partial charge in [-0.2, -0.15) is 0 Å². The number of nitrogens with one attached hydrogen (secondary N) is 2. The Balaban J connectivity index is 2.24. The molecular formula is C11H22N2O. The average molecular weight is 198 g/mol. The molecule has 0 aromatic carbocycles. The molecule has 82 valence electrons. The first kappa shape index (κ1) is 11.5. The second-order valence-electron chi connectivity index (χ2n) is 4.66. The molecule has 2 N–H and O–H groups in total. The van der Waals surface area contributed by atoms with Crippen molar-refractivity contribution in [2.75, 3.05) is 13.1 Å². The molecule has 0 aromatic rings. The summed E-state index contributed by atoms with van der Waals surface area (Å²) in [6.45, 7) is 7.54. The predicted molar refractivity (Wildman–Crippen MR) is 58.1 cm³/mol. The zero-order valence-electron chi connectivity index (χ0n) is 9.52. The minimum Gasteiger partial charge on any atom is -0.354 e. The van der Waals surface area contributed by atoms with Crippen LogP contribution in [-0.4, -0.2) is 24.5 Å². The Bertz CT molecular complexity index is 197. The molecule has 0 aliphatic heterocycles. The summed E-state index contributed by atoms with van der Waals surface area (Å²) in [4.78, 5) is 11.7. The fraction of sp³-hybridized carbons (Fsp3) is 0.909. The third-order valence-corrected chi connectivity index (χ3v) is 2.96. The Hall–Kier alpha value is -0.570. The Morgan fingerprint density at radius 1 is 1.43 bits per heavy atom. The van der Waals surface area contributed by atoms with Gasteiger partial charge in [-0.1, -0.05) is 13.3 Å². The molecule has 14 heavy (non-hydrogen) atoms. The van der Waals surface area contributed by atoms with Gasteiger partial charge < -0.3 is 10.6 Å².